The molecule has 19 heavy (non-hydrogen) atoms. The highest BCUT2D eigenvalue weighted by Crippen LogP contribution is 2.25. The molecule has 0 spiro atoms. The highest BCUT2D eigenvalue weighted by Gasteiger charge is 2.07. The second-order valence-electron chi connectivity index (χ2n) is 4.17. The fourth-order valence-electron chi connectivity index (χ4n) is 1.60. The summed E-state index contributed by atoms with van der Waals surface area (Å²) in [5.41, 5.74) is 1.24. The van der Waals surface area contributed by atoms with Gasteiger partial charge < -0.3 is 4.74 Å². The molecule has 0 saturated heterocycles. The van der Waals surface area contributed by atoms with Gasteiger partial charge in [-0.15, -0.1) is 0 Å². The molecule has 1 heterocycles. The van der Waals surface area contributed by atoms with Crippen molar-refractivity contribution < 1.29 is 13.9 Å². The van der Waals surface area contributed by atoms with Crippen LogP contribution < -0.4 is 4.74 Å². The Balaban J connectivity index is 2.19. The number of aryl methyl sites for hydroxylation is 1. The fraction of sp³-hybridized carbons (Fsp3) is 0.200. The van der Waals surface area contributed by atoms with Crippen molar-refractivity contribution in [2.24, 2.45) is 0 Å². The Bertz CT molecular complexity index is 594. The van der Waals surface area contributed by atoms with Gasteiger partial charge in [-0.1, -0.05) is 13.0 Å². The van der Waals surface area contributed by atoms with Crippen LogP contribution >= 0.6 is 0 Å². The summed E-state index contributed by atoms with van der Waals surface area (Å²) in [7, 11) is 0. The van der Waals surface area contributed by atoms with E-state index in [1.54, 1.807) is 25.1 Å². The molecule has 0 radical (unpaired) electrons. The maximum atomic E-state index is 13.1. The van der Waals surface area contributed by atoms with Crippen molar-refractivity contribution in [2.75, 3.05) is 0 Å². The van der Waals surface area contributed by atoms with E-state index in [2.05, 4.69) is 4.98 Å². The molecule has 0 atom stereocenters. The topological polar surface area (TPSA) is 39.2 Å². The van der Waals surface area contributed by atoms with Crippen LogP contribution in [0.1, 0.15) is 29.4 Å². The van der Waals surface area contributed by atoms with Gasteiger partial charge in [-0.2, -0.15) is 0 Å². The van der Waals surface area contributed by atoms with Crippen LogP contribution in [0.3, 0.4) is 0 Å². The number of aromatic nitrogens is 1. The Hall–Kier alpha value is -2.23. The molecule has 98 valence electrons. The molecule has 0 amide bonds. The molecule has 0 aliphatic carbocycles. The maximum Gasteiger partial charge on any atom is 0.180 e. The van der Waals surface area contributed by atoms with E-state index in [4.69, 9.17) is 4.74 Å². The number of benzene rings is 1. The molecule has 0 saturated carbocycles. The average molecular weight is 259 g/mol. The number of hydrogen-bond donors (Lipinski definition) is 0. The SMILES string of the molecule is CCC(=O)c1ccc(Oc2cc(F)ccc2C)cn1. The van der Waals surface area contributed by atoms with Crippen molar-refractivity contribution in [3.8, 4) is 11.5 Å². The number of hydrogen-bond acceptors (Lipinski definition) is 3. The zero-order chi connectivity index (χ0) is 13.8. The number of carbonyl (C=O) groups excluding carboxylic acids is 1. The lowest BCUT2D eigenvalue weighted by molar-refractivity contribution is 0.0983. The molecule has 0 bridgehead atoms. The summed E-state index contributed by atoms with van der Waals surface area (Å²) in [4.78, 5) is 15.5. The predicted molar refractivity (Wildman–Crippen MR) is 70.1 cm³/mol. The van der Waals surface area contributed by atoms with E-state index < -0.39 is 0 Å². The number of carbonyl (C=O) groups is 1. The summed E-state index contributed by atoms with van der Waals surface area (Å²) in [6, 6.07) is 7.60. The van der Waals surface area contributed by atoms with E-state index in [1.807, 2.05) is 6.92 Å². The van der Waals surface area contributed by atoms with Crippen LogP contribution in [0.5, 0.6) is 11.5 Å². The first kappa shape index (κ1) is 13.2. The molecule has 1 aromatic heterocycles. The number of halogens is 1. The largest absolute Gasteiger partial charge is 0.455 e. The Labute approximate surface area is 111 Å². The summed E-state index contributed by atoms with van der Waals surface area (Å²) in [6.45, 7) is 3.61. The summed E-state index contributed by atoms with van der Waals surface area (Å²) in [6.07, 6.45) is 1.88. The van der Waals surface area contributed by atoms with Crippen LogP contribution in [0.15, 0.2) is 36.5 Å². The fourth-order valence-corrected chi connectivity index (χ4v) is 1.60. The molecule has 3 nitrogen and oxygen atoms in total. The minimum Gasteiger partial charge on any atom is -0.455 e. The highest BCUT2D eigenvalue weighted by atomic mass is 19.1. The number of ether oxygens (including phenoxy) is 1. The first-order valence-electron chi connectivity index (χ1n) is 6.03. The lowest BCUT2D eigenvalue weighted by atomic mass is 10.2. The zero-order valence-electron chi connectivity index (χ0n) is 10.8. The molecule has 0 N–H and O–H groups in total. The normalized spacial score (nSPS) is 10.3. The van der Waals surface area contributed by atoms with E-state index in [0.717, 1.165) is 5.56 Å². The second kappa shape index (κ2) is 5.61. The first-order chi connectivity index (χ1) is 9.10. The molecule has 0 aliphatic heterocycles. The number of pyridine rings is 1. The van der Waals surface area contributed by atoms with E-state index in [1.165, 1.54) is 18.3 Å². The van der Waals surface area contributed by atoms with Gasteiger partial charge in [0.2, 0.25) is 0 Å². The highest BCUT2D eigenvalue weighted by molar-refractivity contribution is 5.93. The summed E-state index contributed by atoms with van der Waals surface area (Å²) < 4.78 is 18.7. The molecule has 0 aliphatic rings. The third kappa shape index (κ3) is 3.16. The molecule has 0 unspecified atom stereocenters. The molecule has 0 fully saturated rings. The van der Waals surface area contributed by atoms with Crippen LogP contribution in [0.4, 0.5) is 4.39 Å². The Morgan fingerprint density at radius 2 is 2.11 bits per heavy atom. The van der Waals surface area contributed by atoms with Gasteiger partial charge in [0.1, 0.15) is 23.0 Å². The van der Waals surface area contributed by atoms with Crippen LogP contribution in [0, 0.1) is 12.7 Å². The van der Waals surface area contributed by atoms with E-state index >= 15 is 0 Å². The minimum absolute atomic E-state index is 0.0199. The molecule has 1 aromatic carbocycles. The van der Waals surface area contributed by atoms with Gasteiger partial charge in [0.05, 0.1) is 6.20 Å². The standard InChI is InChI=1S/C15H14FNO2/c1-3-14(18)13-7-6-12(9-17-13)19-15-8-11(16)5-4-10(15)2/h4-9H,3H2,1-2H3. The van der Waals surface area contributed by atoms with Crippen molar-refractivity contribution >= 4 is 5.78 Å². The Morgan fingerprint density at radius 1 is 1.32 bits per heavy atom. The smallest absolute Gasteiger partial charge is 0.180 e. The average Bonchev–Trinajstić information content (AvgIpc) is 2.43. The molecular weight excluding hydrogens is 245 g/mol. The van der Waals surface area contributed by atoms with E-state index in [9.17, 15) is 9.18 Å². The van der Waals surface area contributed by atoms with Gasteiger partial charge in [-0.25, -0.2) is 9.37 Å². The zero-order valence-corrected chi connectivity index (χ0v) is 10.8. The number of ketones is 1. The molecule has 2 aromatic rings. The molecule has 4 heteroatoms. The summed E-state index contributed by atoms with van der Waals surface area (Å²) >= 11 is 0. The van der Waals surface area contributed by atoms with Gasteiger partial charge in [0.15, 0.2) is 5.78 Å². The van der Waals surface area contributed by atoms with Gasteiger partial charge in [0, 0.05) is 12.5 Å². The molecule has 2 rings (SSSR count). The van der Waals surface area contributed by atoms with Crippen LogP contribution in [-0.2, 0) is 0 Å². The molecular formula is C15H14FNO2. The monoisotopic (exact) mass is 259 g/mol. The summed E-state index contributed by atoms with van der Waals surface area (Å²) in [5, 5.41) is 0. The lowest BCUT2D eigenvalue weighted by Crippen LogP contribution is -1.99. The number of rotatable bonds is 4. The third-order valence-corrected chi connectivity index (χ3v) is 2.72. The van der Waals surface area contributed by atoms with Gasteiger partial charge in [0.25, 0.3) is 0 Å². The first-order valence-corrected chi connectivity index (χ1v) is 6.03. The number of Topliss-reactive ketones (excluding diaryl/α,β-unsaturated/α-hetero) is 1. The number of nitrogens with zero attached hydrogens (tertiary/aromatic N) is 1. The van der Waals surface area contributed by atoms with Crippen LogP contribution in [0.2, 0.25) is 0 Å². The Kier molecular flexibility index (Phi) is 3.90. The van der Waals surface area contributed by atoms with E-state index in [-0.39, 0.29) is 11.6 Å². The lowest BCUT2D eigenvalue weighted by Gasteiger charge is -2.08. The van der Waals surface area contributed by atoms with Gasteiger partial charge in [-0.3, -0.25) is 4.79 Å². The van der Waals surface area contributed by atoms with E-state index in [0.29, 0.717) is 23.6 Å². The minimum atomic E-state index is -0.355. The van der Waals surface area contributed by atoms with Crippen LogP contribution in [0.25, 0.3) is 0 Å². The second-order valence-corrected chi connectivity index (χ2v) is 4.17. The van der Waals surface area contributed by atoms with Crippen molar-refractivity contribution in [1.29, 1.82) is 0 Å². The predicted octanol–water partition coefficient (Wildman–Crippen LogP) is 3.91. The van der Waals surface area contributed by atoms with Crippen molar-refractivity contribution in [1.82, 2.24) is 4.98 Å². The quantitative estimate of drug-likeness (QED) is 0.781. The van der Waals surface area contributed by atoms with Gasteiger partial charge >= 0.3 is 0 Å². The van der Waals surface area contributed by atoms with Crippen molar-refractivity contribution in [2.45, 2.75) is 20.3 Å². The maximum absolute atomic E-state index is 13.1. The van der Waals surface area contributed by atoms with Crippen molar-refractivity contribution in [3.63, 3.8) is 0 Å². The Morgan fingerprint density at radius 3 is 2.74 bits per heavy atom. The third-order valence-electron chi connectivity index (χ3n) is 2.72. The van der Waals surface area contributed by atoms with Crippen molar-refractivity contribution in [3.05, 3.63) is 53.6 Å². The van der Waals surface area contributed by atoms with Crippen LogP contribution in [-0.4, -0.2) is 10.8 Å². The van der Waals surface area contributed by atoms with Gasteiger partial charge in [-0.05, 0) is 30.7 Å². The summed E-state index contributed by atoms with van der Waals surface area (Å²) in [5.74, 6) is 0.539.